The molecular weight excluding hydrogens is 246 g/mol. The van der Waals surface area contributed by atoms with Crippen LogP contribution in [0.3, 0.4) is 0 Å². The Morgan fingerprint density at radius 1 is 1.42 bits per heavy atom. The van der Waals surface area contributed by atoms with Crippen LogP contribution in [-0.2, 0) is 16.0 Å². The fourth-order valence-corrected chi connectivity index (χ4v) is 2.05. The van der Waals surface area contributed by atoms with Gasteiger partial charge in [0.2, 0.25) is 0 Å². The van der Waals surface area contributed by atoms with Crippen LogP contribution in [0.15, 0.2) is 18.2 Å². The molecular formula is C14H19NO4. The minimum Gasteiger partial charge on any atom is -0.508 e. The molecule has 1 N–H and O–H groups in total. The second-order valence-electron chi connectivity index (χ2n) is 4.45. The molecule has 0 saturated carbocycles. The third-order valence-electron chi connectivity index (χ3n) is 3.09. The van der Waals surface area contributed by atoms with Crippen LogP contribution in [0.5, 0.6) is 5.75 Å². The van der Waals surface area contributed by atoms with Gasteiger partial charge in [-0.05, 0) is 25.1 Å². The molecule has 5 heteroatoms. The zero-order valence-electron chi connectivity index (χ0n) is 11.1. The van der Waals surface area contributed by atoms with Gasteiger partial charge < -0.3 is 14.6 Å². The molecule has 104 valence electrons. The van der Waals surface area contributed by atoms with Crippen molar-refractivity contribution < 1.29 is 19.4 Å². The molecule has 0 unspecified atom stereocenters. The van der Waals surface area contributed by atoms with Crippen LogP contribution in [0.4, 0.5) is 0 Å². The number of ether oxygens (including phenoxy) is 2. The first-order valence-electron chi connectivity index (χ1n) is 6.50. The number of hydrogen-bond donors (Lipinski definition) is 1. The Morgan fingerprint density at radius 2 is 2.16 bits per heavy atom. The van der Waals surface area contributed by atoms with E-state index in [9.17, 15) is 9.90 Å². The van der Waals surface area contributed by atoms with E-state index in [1.807, 2.05) is 0 Å². The van der Waals surface area contributed by atoms with Crippen LogP contribution in [0.1, 0.15) is 22.8 Å². The molecule has 1 heterocycles. The average Bonchev–Trinajstić information content (AvgIpc) is 2.42. The summed E-state index contributed by atoms with van der Waals surface area (Å²) in [5, 5.41) is 9.87. The third-order valence-corrected chi connectivity index (χ3v) is 3.09. The van der Waals surface area contributed by atoms with Crippen molar-refractivity contribution in [1.82, 2.24) is 4.90 Å². The predicted molar refractivity (Wildman–Crippen MR) is 70.2 cm³/mol. The summed E-state index contributed by atoms with van der Waals surface area (Å²) in [6.45, 7) is 5.82. The first kappa shape index (κ1) is 13.8. The van der Waals surface area contributed by atoms with Gasteiger partial charge in [0, 0.05) is 25.2 Å². The first-order chi connectivity index (χ1) is 9.20. The summed E-state index contributed by atoms with van der Waals surface area (Å²) >= 11 is 0. The SMILES string of the molecule is CCOC(=O)c1ccc(O)c(CN2CCOCC2)c1. The van der Waals surface area contributed by atoms with Gasteiger partial charge in [0.05, 0.1) is 25.4 Å². The molecule has 0 amide bonds. The standard InChI is InChI=1S/C14H19NO4/c1-2-19-14(17)11-3-4-13(16)12(9-11)10-15-5-7-18-8-6-15/h3-4,9,16H,2,5-8,10H2,1H3. The Labute approximate surface area is 112 Å². The number of carbonyl (C=O) groups is 1. The average molecular weight is 265 g/mol. The van der Waals surface area contributed by atoms with Gasteiger partial charge in [0.1, 0.15) is 5.75 Å². The molecule has 0 aromatic heterocycles. The lowest BCUT2D eigenvalue weighted by Crippen LogP contribution is -2.35. The van der Waals surface area contributed by atoms with Gasteiger partial charge >= 0.3 is 5.97 Å². The highest BCUT2D eigenvalue weighted by atomic mass is 16.5. The van der Waals surface area contributed by atoms with Crippen molar-refractivity contribution in [2.24, 2.45) is 0 Å². The van der Waals surface area contributed by atoms with Crippen LogP contribution in [0.25, 0.3) is 0 Å². The van der Waals surface area contributed by atoms with Crippen LogP contribution in [0.2, 0.25) is 0 Å². The highest BCUT2D eigenvalue weighted by molar-refractivity contribution is 5.89. The van der Waals surface area contributed by atoms with Gasteiger partial charge in [-0.25, -0.2) is 4.79 Å². The van der Waals surface area contributed by atoms with Crippen molar-refractivity contribution >= 4 is 5.97 Å². The molecule has 5 nitrogen and oxygen atoms in total. The van der Waals surface area contributed by atoms with Gasteiger partial charge in [0.15, 0.2) is 0 Å². The van der Waals surface area contributed by atoms with E-state index in [2.05, 4.69) is 4.90 Å². The zero-order valence-corrected chi connectivity index (χ0v) is 11.1. The molecule has 1 aliphatic rings. The van der Waals surface area contributed by atoms with E-state index in [1.165, 1.54) is 0 Å². The molecule has 2 rings (SSSR count). The zero-order chi connectivity index (χ0) is 13.7. The summed E-state index contributed by atoms with van der Waals surface area (Å²) < 4.78 is 10.2. The smallest absolute Gasteiger partial charge is 0.338 e. The van der Waals surface area contributed by atoms with Gasteiger partial charge in [0.25, 0.3) is 0 Å². The number of hydrogen-bond acceptors (Lipinski definition) is 5. The molecule has 1 aromatic rings. The second-order valence-corrected chi connectivity index (χ2v) is 4.45. The minimum atomic E-state index is -0.356. The van der Waals surface area contributed by atoms with Crippen molar-refractivity contribution in [3.8, 4) is 5.75 Å². The van der Waals surface area contributed by atoms with Crippen molar-refractivity contribution in [1.29, 1.82) is 0 Å². The minimum absolute atomic E-state index is 0.208. The molecule has 0 radical (unpaired) electrons. The number of rotatable bonds is 4. The van der Waals surface area contributed by atoms with Gasteiger partial charge in [-0.3, -0.25) is 4.90 Å². The highest BCUT2D eigenvalue weighted by Crippen LogP contribution is 2.21. The number of nitrogens with zero attached hydrogens (tertiary/aromatic N) is 1. The highest BCUT2D eigenvalue weighted by Gasteiger charge is 2.15. The molecule has 1 aromatic carbocycles. The Bertz CT molecular complexity index is 441. The van der Waals surface area contributed by atoms with E-state index in [0.717, 1.165) is 18.7 Å². The fourth-order valence-electron chi connectivity index (χ4n) is 2.05. The number of aromatic hydroxyl groups is 1. The largest absolute Gasteiger partial charge is 0.508 e. The molecule has 1 saturated heterocycles. The monoisotopic (exact) mass is 265 g/mol. The number of esters is 1. The fraction of sp³-hybridized carbons (Fsp3) is 0.500. The summed E-state index contributed by atoms with van der Waals surface area (Å²) in [7, 11) is 0. The lowest BCUT2D eigenvalue weighted by molar-refractivity contribution is 0.0338. The summed E-state index contributed by atoms with van der Waals surface area (Å²) in [4.78, 5) is 13.9. The van der Waals surface area contributed by atoms with Crippen LogP contribution in [-0.4, -0.2) is 48.9 Å². The number of morpholine rings is 1. The third kappa shape index (κ3) is 3.68. The summed E-state index contributed by atoms with van der Waals surface area (Å²) in [6.07, 6.45) is 0. The Hall–Kier alpha value is -1.59. The van der Waals surface area contributed by atoms with E-state index >= 15 is 0 Å². The normalized spacial score (nSPS) is 16.3. The number of benzene rings is 1. The summed E-state index contributed by atoms with van der Waals surface area (Å²) in [5.74, 6) is -0.148. The van der Waals surface area contributed by atoms with Gasteiger partial charge in [-0.2, -0.15) is 0 Å². The Kier molecular flexibility index (Phi) is 4.76. The quantitative estimate of drug-likeness (QED) is 0.834. The molecule has 19 heavy (non-hydrogen) atoms. The molecule has 1 fully saturated rings. The number of phenolic OH excluding ortho intramolecular Hbond substituents is 1. The van der Waals surface area contributed by atoms with Crippen molar-refractivity contribution in [2.45, 2.75) is 13.5 Å². The summed E-state index contributed by atoms with van der Waals surface area (Å²) in [5.41, 5.74) is 1.22. The predicted octanol–water partition coefficient (Wildman–Crippen LogP) is 1.40. The van der Waals surface area contributed by atoms with Gasteiger partial charge in [-0.1, -0.05) is 0 Å². The van der Waals surface area contributed by atoms with E-state index < -0.39 is 0 Å². The maximum absolute atomic E-state index is 11.7. The van der Waals surface area contributed by atoms with E-state index in [4.69, 9.17) is 9.47 Å². The van der Waals surface area contributed by atoms with Crippen LogP contribution < -0.4 is 0 Å². The number of carbonyl (C=O) groups excluding carboxylic acids is 1. The summed E-state index contributed by atoms with van der Waals surface area (Å²) in [6, 6.07) is 4.82. The second kappa shape index (κ2) is 6.54. The molecule has 0 bridgehead atoms. The van der Waals surface area contributed by atoms with Crippen LogP contribution in [0, 0.1) is 0 Å². The van der Waals surface area contributed by atoms with Crippen molar-refractivity contribution in [3.63, 3.8) is 0 Å². The Morgan fingerprint density at radius 3 is 2.84 bits per heavy atom. The molecule has 0 aliphatic carbocycles. The number of phenols is 1. The van der Waals surface area contributed by atoms with E-state index in [0.29, 0.717) is 31.9 Å². The lowest BCUT2D eigenvalue weighted by atomic mass is 10.1. The van der Waals surface area contributed by atoms with Gasteiger partial charge in [-0.15, -0.1) is 0 Å². The maximum Gasteiger partial charge on any atom is 0.338 e. The Balaban J connectivity index is 2.10. The lowest BCUT2D eigenvalue weighted by Gasteiger charge is -2.26. The molecule has 1 aliphatic heterocycles. The molecule has 0 spiro atoms. The van der Waals surface area contributed by atoms with E-state index in [1.54, 1.807) is 25.1 Å². The topological polar surface area (TPSA) is 59.0 Å². The van der Waals surface area contributed by atoms with E-state index in [-0.39, 0.29) is 11.7 Å². The van der Waals surface area contributed by atoms with Crippen molar-refractivity contribution in [3.05, 3.63) is 29.3 Å². The first-order valence-corrected chi connectivity index (χ1v) is 6.50. The van der Waals surface area contributed by atoms with Crippen molar-refractivity contribution in [2.75, 3.05) is 32.9 Å². The van der Waals surface area contributed by atoms with Crippen LogP contribution >= 0.6 is 0 Å². The molecule has 0 atom stereocenters. The maximum atomic E-state index is 11.7.